The number of nitrogens with zero attached hydrogens (tertiary/aromatic N) is 2. The van der Waals surface area contributed by atoms with Crippen molar-refractivity contribution in [1.82, 2.24) is 9.80 Å². The van der Waals surface area contributed by atoms with Gasteiger partial charge in [-0.25, -0.2) is 9.59 Å². The summed E-state index contributed by atoms with van der Waals surface area (Å²) in [5.41, 5.74) is 2.81. The van der Waals surface area contributed by atoms with Crippen molar-refractivity contribution in [3.05, 3.63) is 83.9 Å². The average Bonchev–Trinajstić information content (AvgIpc) is 3.72. The van der Waals surface area contributed by atoms with Crippen molar-refractivity contribution in [3.63, 3.8) is 0 Å². The summed E-state index contributed by atoms with van der Waals surface area (Å²) in [4.78, 5) is 56.3. The molecule has 3 aromatic carbocycles. The van der Waals surface area contributed by atoms with Gasteiger partial charge in [0, 0.05) is 24.5 Å². The number of hydrogen-bond acceptors (Lipinski definition) is 8. The van der Waals surface area contributed by atoms with Crippen LogP contribution in [-0.4, -0.2) is 72.9 Å². The number of carbonyl (C=O) groups is 4. The van der Waals surface area contributed by atoms with Crippen LogP contribution in [-0.2, 0) is 19.1 Å². The summed E-state index contributed by atoms with van der Waals surface area (Å²) >= 11 is 0. The van der Waals surface area contributed by atoms with Gasteiger partial charge in [-0.2, -0.15) is 0 Å². The molecule has 0 aromatic heterocycles. The monoisotopic (exact) mass is 570 g/mol. The Morgan fingerprint density at radius 1 is 0.643 bits per heavy atom. The summed E-state index contributed by atoms with van der Waals surface area (Å²) in [6, 6.07) is 20.5. The van der Waals surface area contributed by atoms with Gasteiger partial charge in [-0.05, 0) is 62.1 Å². The molecule has 0 unspecified atom stereocenters. The van der Waals surface area contributed by atoms with Crippen LogP contribution in [0.15, 0.2) is 72.8 Å². The lowest BCUT2D eigenvalue weighted by Crippen LogP contribution is -2.42. The SMILES string of the molecule is COC(=O)[C@@H]1CCCN1C(=O)c1cc(Nc2ccccc2)c(C(=O)N2CCC[C@H]2C(=O)OC)cc1Nc1ccccc1. The maximum Gasteiger partial charge on any atom is 0.328 e. The molecule has 0 bridgehead atoms. The maximum absolute atomic E-state index is 14.1. The topological polar surface area (TPSA) is 117 Å². The molecule has 2 N–H and O–H groups in total. The van der Waals surface area contributed by atoms with Crippen molar-refractivity contribution in [2.75, 3.05) is 37.9 Å². The Balaban J connectivity index is 1.63. The van der Waals surface area contributed by atoms with E-state index in [0.717, 1.165) is 0 Å². The second-order valence-electron chi connectivity index (χ2n) is 10.3. The lowest BCUT2D eigenvalue weighted by molar-refractivity contribution is -0.145. The highest BCUT2D eigenvalue weighted by molar-refractivity contribution is 6.09. The molecule has 5 rings (SSSR count). The number of ether oxygens (including phenoxy) is 2. The van der Waals surface area contributed by atoms with Crippen molar-refractivity contribution in [2.45, 2.75) is 37.8 Å². The van der Waals surface area contributed by atoms with E-state index in [9.17, 15) is 19.2 Å². The third-order valence-corrected chi connectivity index (χ3v) is 7.70. The third kappa shape index (κ3) is 5.93. The van der Waals surface area contributed by atoms with Crippen LogP contribution < -0.4 is 10.6 Å². The number of likely N-dealkylation sites (tertiary alicyclic amines) is 2. The highest BCUT2D eigenvalue weighted by Crippen LogP contribution is 2.35. The van der Waals surface area contributed by atoms with Crippen LogP contribution in [0.1, 0.15) is 46.4 Å². The van der Waals surface area contributed by atoms with Gasteiger partial charge in [0.15, 0.2) is 0 Å². The Morgan fingerprint density at radius 2 is 1.02 bits per heavy atom. The van der Waals surface area contributed by atoms with Crippen molar-refractivity contribution in [3.8, 4) is 0 Å². The normalized spacial score (nSPS) is 18.0. The van der Waals surface area contributed by atoms with E-state index >= 15 is 0 Å². The molecule has 2 atom stereocenters. The number of hydrogen-bond donors (Lipinski definition) is 2. The Labute approximate surface area is 244 Å². The molecule has 2 aliphatic rings. The van der Waals surface area contributed by atoms with E-state index in [0.29, 0.717) is 61.5 Å². The zero-order valence-electron chi connectivity index (χ0n) is 23.7. The minimum Gasteiger partial charge on any atom is -0.467 e. The van der Waals surface area contributed by atoms with Gasteiger partial charge >= 0.3 is 11.9 Å². The van der Waals surface area contributed by atoms with Crippen LogP contribution in [0.2, 0.25) is 0 Å². The first-order valence-electron chi connectivity index (χ1n) is 14.0. The smallest absolute Gasteiger partial charge is 0.328 e. The molecule has 3 aromatic rings. The Bertz CT molecular complexity index is 1350. The summed E-state index contributed by atoms with van der Waals surface area (Å²) in [6.07, 6.45) is 2.36. The summed E-state index contributed by atoms with van der Waals surface area (Å²) in [5.74, 6) is -1.64. The van der Waals surface area contributed by atoms with E-state index in [1.165, 1.54) is 24.0 Å². The van der Waals surface area contributed by atoms with E-state index in [4.69, 9.17) is 9.47 Å². The van der Waals surface area contributed by atoms with Gasteiger partial charge in [0.05, 0.1) is 36.7 Å². The highest BCUT2D eigenvalue weighted by Gasteiger charge is 2.39. The first-order valence-corrected chi connectivity index (χ1v) is 14.0. The molecule has 10 heteroatoms. The number of methoxy groups -OCH3 is 2. The van der Waals surface area contributed by atoms with E-state index in [2.05, 4.69) is 10.6 Å². The van der Waals surface area contributed by atoms with Crippen molar-refractivity contribution >= 4 is 46.5 Å². The van der Waals surface area contributed by atoms with Crippen LogP contribution in [0, 0.1) is 0 Å². The number of carbonyl (C=O) groups excluding carboxylic acids is 4. The number of para-hydroxylation sites is 2. The van der Waals surface area contributed by atoms with E-state index in [1.54, 1.807) is 12.1 Å². The third-order valence-electron chi connectivity index (χ3n) is 7.70. The zero-order chi connectivity index (χ0) is 29.6. The van der Waals surface area contributed by atoms with Crippen LogP contribution in [0.5, 0.6) is 0 Å². The molecule has 218 valence electrons. The lowest BCUT2D eigenvalue weighted by Gasteiger charge is -2.27. The van der Waals surface area contributed by atoms with Crippen LogP contribution >= 0.6 is 0 Å². The van der Waals surface area contributed by atoms with Crippen molar-refractivity contribution in [2.24, 2.45) is 0 Å². The summed E-state index contributed by atoms with van der Waals surface area (Å²) < 4.78 is 9.95. The second-order valence-corrected chi connectivity index (χ2v) is 10.3. The number of rotatable bonds is 8. The van der Waals surface area contributed by atoms with Crippen LogP contribution in [0.4, 0.5) is 22.7 Å². The minimum absolute atomic E-state index is 0.288. The fourth-order valence-electron chi connectivity index (χ4n) is 5.61. The molecular weight excluding hydrogens is 536 g/mol. The number of nitrogens with one attached hydrogen (secondary N) is 2. The highest BCUT2D eigenvalue weighted by atomic mass is 16.5. The number of anilines is 4. The fraction of sp³-hybridized carbons (Fsp3) is 0.312. The molecular formula is C32H34N4O6. The zero-order valence-corrected chi connectivity index (χ0v) is 23.7. The van der Waals surface area contributed by atoms with Gasteiger partial charge in [0.2, 0.25) is 0 Å². The average molecular weight is 571 g/mol. The molecule has 2 heterocycles. The molecule has 10 nitrogen and oxygen atoms in total. The maximum atomic E-state index is 14.1. The largest absolute Gasteiger partial charge is 0.467 e. The molecule has 2 aliphatic heterocycles. The summed E-state index contributed by atoms with van der Waals surface area (Å²) in [6.45, 7) is 0.806. The molecule has 2 saturated heterocycles. The number of amides is 2. The standard InChI is InChI=1S/C32H34N4O6/c1-41-31(39)27-15-9-17-35(27)29(37)23-19-26(34-22-13-7-4-8-14-22)24(20-25(23)33-21-11-5-3-6-12-21)30(38)36-18-10-16-28(36)32(40)42-2/h3-8,11-14,19-20,27-28,33-34H,9-10,15-18H2,1-2H3/t27-,28-/m0/s1. The van der Waals surface area contributed by atoms with E-state index < -0.39 is 24.0 Å². The molecule has 42 heavy (non-hydrogen) atoms. The van der Waals surface area contributed by atoms with Gasteiger partial charge < -0.3 is 29.9 Å². The summed E-state index contributed by atoms with van der Waals surface area (Å²) in [7, 11) is 2.63. The molecule has 2 amide bonds. The number of benzene rings is 3. The summed E-state index contributed by atoms with van der Waals surface area (Å²) in [5, 5.41) is 6.61. The molecule has 0 radical (unpaired) electrons. The molecule has 0 saturated carbocycles. The minimum atomic E-state index is -0.690. The van der Waals surface area contributed by atoms with Gasteiger partial charge in [0.25, 0.3) is 11.8 Å². The van der Waals surface area contributed by atoms with Crippen LogP contribution in [0.3, 0.4) is 0 Å². The first kappa shape index (κ1) is 28.7. The molecule has 2 fully saturated rings. The van der Waals surface area contributed by atoms with Gasteiger partial charge in [-0.15, -0.1) is 0 Å². The predicted octanol–water partition coefficient (Wildman–Crippen LogP) is 4.73. The predicted molar refractivity (Wildman–Crippen MR) is 158 cm³/mol. The van der Waals surface area contributed by atoms with E-state index in [-0.39, 0.29) is 22.9 Å². The van der Waals surface area contributed by atoms with Gasteiger partial charge in [-0.3, -0.25) is 9.59 Å². The Kier molecular flexibility index (Phi) is 8.71. The lowest BCUT2D eigenvalue weighted by atomic mass is 10.0. The van der Waals surface area contributed by atoms with Crippen LogP contribution in [0.25, 0.3) is 0 Å². The number of esters is 2. The Hall–Kier alpha value is -4.86. The first-order chi connectivity index (χ1) is 20.4. The molecule has 0 aliphatic carbocycles. The van der Waals surface area contributed by atoms with Gasteiger partial charge in [-0.1, -0.05) is 36.4 Å². The van der Waals surface area contributed by atoms with Crippen molar-refractivity contribution < 1.29 is 28.7 Å². The van der Waals surface area contributed by atoms with Gasteiger partial charge in [0.1, 0.15) is 12.1 Å². The van der Waals surface area contributed by atoms with E-state index in [1.807, 2.05) is 60.7 Å². The molecule has 0 spiro atoms. The Morgan fingerprint density at radius 3 is 1.38 bits per heavy atom. The fourth-order valence-corrected chi connectivity index (χ4v) is 5.61. The quantitative estimate of drug-likeness (QED) is 0.374. The second kappa shape index (κ2) is 12.8. The van der Waals surface area contributed by atoms with Crippen molar-refractivity contribution in [1.29, 1.82) is 0 Å².